The highest BCUT2D eigenvalue weighted by molar-refractivity contribution is 6.48. The van der Waals surface area contributed by atoms with Gasteiger partial charge in [0.1, 0.15) is 5.82 Å². The lowest BCUT2D eigenvalue weighted by molar-refractivity contribution is 0.0863. The van der Waals surface area contributed by atoms with E-state index < -0.39 is 15.1 Å². The molecule has 1 aliphatic rings. The zero-order valence-corrected chi connectivity index (χ0v) is 18.6. The lowest BCUT2D eigenvalue weighted by Crippen LogP contribution is -2.40. The average molecular weight is 399 g/mol. The number of anilines is 1. The number of nitrogens with two attached hydrogens (primary N) is 1. The molecule has 2 N–H and O–H groups in total. The summed E-state index contributed by atoms with van der Waals surface area (Å²) in [6.45, 7) is 11.6. The maximum atomic E-state index is 11.7. The van der Waals surface area contributed by atoms with Gasteiger partial charge in [-0.15, -0.1) is 0 Å². The number of nitrogens with zero attached hydrogens (tertiary/aromatic N) is 3. The standard InChI is InChI=1S/C21H30N4O2Si/c1-21(2,3)18(27-28(4)5)17-10-15(11-23-12-17)16-9-14-7-6-8-25(20(22)26)19(14)24-13-16/h9-13,18,28H,6-8H2,1-5H3,(H2,22,26). The average Bonchev–Trinajstić information content (AvgIpc) is 2.64. The molecule has 28 heavy (non-hydrogen) atoms. The first kappa shape index (κ1) is 20.5. The molecule has 0 saturated carbocycles. The topological polar surface area (TPSA) is 81.3 Å². The van der Waals surface area contributed by atoms with Gasteiger partial charge < -0.3 is 10.2 Å². The van der Waals surface area contributed by atoms with Crippen molar-refractivity contribution in [3.8, 4) is 11.1 Å². The number of hydrogen-bond donors (Lipinski definition) is 1. The third-order valence-electron chi connectivity index (χ3n) is 4.88. The van der Waals surface area contributed by atoms with Gasteiger partial charge in [0.15, 0.2) is 9.04 Å². The van der Waals surface area contributed by atoms with Crippen LogP contribution in [0.2, 0.25) is 13.1 Å². The third-order valence-corrected chi connectivity index (χ3v) is 5.70. The highest BCUT2D eigenvalue weighted by Gasteiger charge is 2.29. The van der Waals surface area contributed by atoms with E-state index in [1.165, 1.54) is 0 Å². The van der Waals surface area contributed by atoms with Gasteiger partial charge in [0.25, 0.3) is 0 Å². The van der Waals surface area contributed by atoms with Crippen molar-refractivity contribution >= 4 is 20.9 Å². The lowest BCUT2D eigenvalue weighted by Gasteiger charge is -2.33. The van der Waals surface area contributed by atoms with Crippen LogP contribution in [0.3, 0.4) is 0 Å². The van der Waals surface area contributed by atoms with Crippen LogP contribution in [0, 0.1) is 5.41 Å². The molecule has 3 heterocycles. The Kier molecular flexibility index (Phi) is 5.86. The Morgan fingerprint density at radius 1 is 1.21 bits per heavy atom. The maximum Gasteiger partial charge on any atom is 0.320 e. The summed E-state index contributed by atoms with van der Waals surface area (Å²) < 4.78 is 6.35. The van der Waals surface area contributed by atoms with E-state index in [1.54, 1.807) is 11.1 Å². The van der Waals surface area contributed by atoms with Crippen LogP contribution in [-0.2, 0) is 10.8 Å². The SMILES string of the molecule is C[SiH](C)OC(c1cncc(-c2cnc3c(c2)CCCN3C(N)=O)c1)C(C)(C)C. The predicted molar refractivity (Wildman–Crippen MR) is 115 cm³/mol. The molecule has 0 fully saturated rings. The normalized spacial score (nSPS) is 15.4. The Morgan fingerprint density at radius 3 is 2.57 bits per heavy atom. The molecule has 0 bridgehead atoms. The number of aromatic nitrogens is 2. The molecular weight excluding hydrogens is 368 g/mol. The first-order valence-corrected chi connectivity index (χ1v) is 12.6. The van der Waals surface area contributed by atoms with Crippen molar-refractivity contribution < 1.29 is 9.22 Å². The van der Waals surface area contributed by atoms with Crippen molar-refractivity contribution in [3.05, 3.63) is 41.9 Å². The lowest BCUT2D eigenvalue weighted by atomic mass is 9.85. The minimum atomic E-state index is -1.21. The van der Waals surface area contributed by atoms with Crippen LogP contribution in [0.25, 0.3) is 11.1 Å². The van der Waals surface area contributed by atoms with Crippen LogP contribution in [0.5, 0.6) is 0 Å². The first-order chi connectivity index (χ1) is 13.2. The molecule has 0 aromatic carbocycles. The van der Waals surface area contributed by atoms with E-state index in [0.29, 0.717) is 12.4 Å². The second kappa shape index (κ2) is 8.01. The number of aryl methyl sites for hydroxylation is 1. The summed E-state index contributed by atoms with van der Waals surface area (Å²) in [5.41, 5.74) is 9.61. The van der Waals surface area contributed by atoms with E-state index in [-0.39, 0.29) is 11.5 Å². The molecule has 0 spiro atoms. The highest BCUT2D eigenvalue weighted by atomic mass is 28.3. The van der Waals surface area contributed by atoms with Gasteiger partial charge in [-0.2, -0.15) is 0 Å². The quantitative estimate of drug-likeness (QED) is 0.787. The number of amides is 2. The molecule has 0 saturated heterocycles. The summed E-state index contributed by atoms with van der Waals surface area (Å²) in [4.78, 5) is 22.2. The van der Waals surface area contributed by atoms with E-state index in [9.17, 15) is 4.79 Å². The highest BCUT2D eigenvalue weighted by Crippen LogP contribution is 2.38. The number of carbonyl (C=O) groups excluding carboxylic acids is 1. The van der Waals surface area contributed by atoms with Crippen LogP contribution in [-0.4, -0.2) is 31.6 Å². The van der Waals surface area contributed by atoms with Crippen LogP contribution in [0.15, 0.2) is 30.7 Å². The van der Waals surface area contributed by atoms with Crippen molar-refractivity contribution in [2.75, 3.05) is 11.4 Å². The molecule has 2 aromatic heterocycles. The van der Waals surface area contributed by atoms with E-state index in [1.807, 2.05) is 12.4 Å². The molecule has 0 radical (unpaired) electrons. The molecule has 7 heteroatoms. The Bertz CT molecular complexity index is 864. The van der Waals surface area contributed by atoms with Gasteiger partial charge in [-0.1, -0.05) is 20.8 Å². The minimum absolute atomic E-state index is 0.00237. The molecule has 1 unspecified atom stereocenters. The second-order valence-corrected chi connectivity index (χ2v) is 11.1. The predicted octanol–water partition coefficient (Wildman–Crippen LogP) is 4.06. The summed E-state index contributed by atoms with van der Waals surface area (Å²) in [5.74, 6) is 0.674. The van der Waals surface area contributed by atoms with Crippen molar-refractivity contribution in [2.45, 2.75) is 52.8 Å². The van der Waals surface area contributed by atoms with Crippen LogP contribution in [0.4, 0.5) is 10.6 Å². The molecule has 0 aliphatic carbocycles. The molecular formula is C21H30N4O2Si. The van der Waals surface area contributed by atoms with Gasteiger partial charge >= 0.3 is 6.03 Å². The monoisotopic (exact) mass is 398 g/mol. The van der Waals surface area contributed by atoms with E-state index in [0.717, 1.165) is 35.1 Å². The van der Waals surface area contributed by atoms with Crippen LogP contribution >= 0.6 is 0 Å². The van der Waals surface area contributed by atoms with E-state index in [2.05, 4.69) is 56.0 Å². The zero-order valence-electron chi connectivity index (χ0n) is 17.4. The number of fused-ring (bicyclic) bond motifs is 1. The fourth-order valence-corrected chi connectivity index (χ4v) is 4.76. The molecule has 2 amide bonds. The van der Waals surface area contributed by atoms with Gasteiger partial charge in [-0.25, -0.2) is 9.78 Å². The first-order valence-electron chi connectivity index (χ1n) is 9.83. The second-order valence-electron chi connectivity index (χ2n) is 8.74. The maximum absolute atomic E-state index is 11.7. The molecule has 3 rings (SSSR count). The summed E-state index contributed by atoms with van der Waals surface area (Å²) in [6, 6.07) is 3.80. The number of rotatable bonds is 4. The molecule has 1 atom stereocenters. The van der Waals surface area contributed by atoms with Gasteiger partial charge in [0, 0.05) is 36.3 Å². The van der Waals surface area contributed by atoms with Gasteiger partial charge in [-0.05, 0) is 54.6 Å². The van der Waals surface area contributed by atoms with Gasteiger partial charge in [-0.3, -0.25) is 9.88 Å². The number of urea groups is 1. The zero-order chi connectivity index (χ0) is 20.5. The van der Waals surface area contributed by atoms with Crippen LogP contribution in [0.1, 0.15) is 44.4 Å². The summed E-state index contributed by atoms with van der Waals surface area (Å²) in [6.07, 6.45) is 7.33. The minimum Gasteiger partial charge on any atom is -0.413 e. The number of pyridine rings is 2. The van der Waals surface area contributed by atoms with Crippen molar-refractivity contribution in [1.82, 2.24) is 9.97 Å². The van der Waals surface area contributed by atoms with Crippen molar-refractivity contribution in [2.24, 2.45) is 11.1 Å². The Hall–Kier alpha value is -2.25. The number of hydrogen-bond acceptors (Lipinski definition) is 4. The van der Waals surface area contributed by atoms with E-state index in [4.69, 9.17) is 10.2 Å². The smallest absolute Gasteiger partial charge is 0.320 e. The van der Waals surface area contributed by atoms with Crippen LogP contribution < -0.4 is 10.6 Å². The molecule has 2 aromatic rings. The van der Waals surface area contributed by atoms with E-state index >= 15 is 0 Å². The molecule has 1 aliphatic heterocycles. The van der Waals surface area contributed by atoms with Gasteiger partial charge in [0.05, 0.1) is 6.10 Å². The van der Waals surface area contributed by atoms with Crippen molar-refractivity contribution in [1.29, 1.82) is 0 Å². The third kappa shape index (κ3) is 4.42. The Labute approximate surface area is 168 Å². The molecule has 150 valence electrons. The fourth-order valence-electron chi connectivity index (χ4n) is 3.65. The molecule has 6 nitrogen and oxygen atoms in total. The Morgan fingerprint density at radius 2 is 1.93 bits per heavy atom. The summed E-state index contributed by atoms with van der Waals surface area (Å²) in [7, 11) is -1.21. The Balaban J connectivity index is 1.97. The largest absolute Gasteiger partial charge is 0.413 e. The summed E-state index contributed by atoms with van der Waals surface area (Å²) in [5, 5.41) is 0. The van der Waals surface area contributed by atoms with Crippen molar-refractivity contribution in [3.63, 3.8) is 0 Å². The summed E-state index contributed by atoms with van der Waals surface area (Å²) >= 11 is 0. The van der Waals surface area contributed by atoms with Gasteiger partial charge in [0.2, 0.25) is 0 Å². The fraction of sp³-hybridized carbons (Fsp3) is 0.476. The number of primary amides is 1. The number of carbonyl (C=O) groups is 1.